The first-order valence-corrected chi connectivity index (χ1v) is 4.86. The van der Waals surface area contributed by atoms with E-state index in [9.17, 15) is 9.59 Å². The lowest BCUT2D eigenvalue weighted by atomic mass is 10.3. The van der Waals surface area contributed by atoms with Crippen molar-refractivity contribution in [1.29, 1.82) is 0 Å². The molecule has 1 aromatic carbocycles. The van der Waals surface area contributed by atoms with Gasteiger partial charge in [0, 0.05) is 4.90 Å². The predicted octanol–water partition coefficient (Wildman–Crippen LogP) is 1.18. The zero-order valence-electron chi connectivity index (χ0n) is 7.06. The van der Waals surface area contributed by atoms with E-state index < -0.39 is 17.1 Å². The molecule has 1 atom stereocenters. The van der Waals surface area contributed by atoms with Crippen molar-refractivity contribution in [3.63, 3.8) is 0 Å². The van der Waals surface area contributed by atoms with Crippen molar-refractivity contribution in [3.05, 3.63) is 24.3 Å². The van der Waals surface area contributed by atoms with Gasteiger partial charge < -0.3 is 10.4 Å². The summed E-state index contributed by atoms with van der Waals surface area (Å²) in [5.74, 6) is -1.58. The summed E-state index contributed by atoms with van der Waals surface area (Å²) in [7, 11) is 0. The number of fused-ring (bicyclic) bond motifs is 1. The summed E-state index contributed by atoms with van der Waals surface area (Å²) in [6, 6.07) is 7.14. The summed E-state index contributed by atoms with van der Waals surface area (Å²) in [5, 5.41) is 10.3. The molecule has 1 heterocycles. The number of benzene rings is 1. The fourth-order valence-electron chi connectivity index (χ4n) is 1.21. The standard InChI is InChI=1S/C9H7NO3S/c11-8-7(9(12)13)14-6-4-2-1-3-5(6)10-8/h1-4,7H,(H,10,11)(H,12,13)/t7-/m0/s1. The Labute approximate surface area is 84.3 Å². The number of aliphatic carboxylic acids is 1. The van der Waals surface area contributed by atoms with E-state index in [2.05, 4.69) is 5.32 Å². The molecule has 5 heteroatoms. The van der Waals surface area contributed by atoms with E-state index in [4.69, 9.17) is 5.11 Å². The van der Waals surface area contributed by atoms with Gasteiger partial charge in [0.2, 0.25) is 5.91 Å². The zero-order chi connectivity index (χ0) is 10.1. The van der Waals surface area contributed by atoms with Gasteiger partial charge in [0.15, 0.2) is 5.25 Å². The number of anilines is 1. The van der Waals surface area contributed by atoms with Gasteiger partial charge in [-0.3, -0.25) is 9.59 Å². The molecule has 0 saturated carbocycles. The second kappa shape index (κ2) is 3.34. The average Bonchev–Trinajstić information content (AvgIpc) is 2.16. The van der Waals surface area contributed by atoms with Crippen LogP contribution in [0.4, 0.5) is 5.69 Å². The first-order valence-electron chi connectivity index (χ1n) is 3.98. The molecule has 2 rings (SSSR count). The van der Waals surface area contributed by atoms with E-state index in [0.717, 1.165) is 16.7 Å². The molecule has 1 aromatic rings. The largest absolute Gasteiger partial charge is 0.480 e. The Morgan fingerprint density at radius 2 is 2.14 bits per heavy atom. The minimum atomic E-state index is -1.11. The summed E-state index contributed by atoms with van der Waals surface area (Å²) < 4.78 is 0. The van der Waals surface area contributed by atoms with Gasteiger partial charge in [-0.25, -0.2) is 0 Å². The molecule has 1 amide bonds. The number of amides is 1. The number of hydrogen-bond donors (Lipinski definition) is 2. The third-order valence-corrected chi connectivity index (χ3v) is 3.11. The lowest BCUT2D eigenvalue weighted by Crippen LogP contribution is -2.35. The van der Waals surface area contributed by atoms with Crippen LogP contribution in [0.3, 0.4) is 0 Å². The van der Waals surface area contributed by atoms with Crippen molar-refractivity contribution < 1.29 is 14.7 Å². The Morgan fingerprint density at radius 3 is 2.86 bits per heavy atom. The molecule has 0 spiro atoms. The highest BCUT2D eigenvalue weighted by molar-refractivity contribution is 8.01. The smallest absolute Gasteiger partial charge is 0.326 e. The van der Waals surface area contributed by atoms with Gasteiger partial charge in [0.1, 0.15) is 0 Å². The average molecular weight is 209 g/mol. The molecule has 0 aromatic heterocycles. The molecule has 1 aliphatic heterocycles. The van der Waals surface area contributed by atoms with Gasteiger partial charge >= 0.3 is 5.97 Å². The fourth-order valence-corrected chi connectivity index (χ4v) is 2.14. The van der Waals surface area contributed by atoms with Crippen LogP contribution in [0.15, 0.2) is 29.2 Å². The topological polar surface area (TPSA) is 66.4 Å². The van der Waals surface area contributed by atoms with Crippen LogP contribution in [0.25, 0.3) is 0 Å². The Morgan fingerprint density at radius 1 is 1.43 bits per heavy atom. The molecule has 4 nitrogen and oxygen atoms in total. The Hall–Kier alpha value is -1.49. The predicted molar refractivity (Wildman–Crippen MR) is 52.4 cm³/mol. The maximum atomic E-state index is 11.3. The van der Waals surface area contributed by atoms with E-state index in [1.165, 1.54) is 0 Å². The van der Waals surface area contributed by atoms with Crippen LogP contribution >= 0.6 is 11.8 Å². The van der Waals surface area contributed by atoms with Crippen LogP contribution < -0.4 is 5.32 Å². The molecule has 0 fully saturated rings. The molecule has 2 N–H and O–H groups in total. The van der Waals surface area contributed by atoms with E-state index in [1.54, 1.807) is 18.2 Å². The number of carboxylic acids is 1. The van der Waals surface area contributed by atoms with Crippen molar-refractivity contribution in [2.24, 2.45) is 0 Å². The summed E-state index contributed by atoms with van der Waals surface area (Å²) in [4.78, 5) is 22.8. The number of carbonyl (C=O) groups is 2. The number of carboxylic acid groups (broad SMARTS) is 1. The summed E-state index contributed by atoms with van der Waals surface area (Å²) in [5.41, 5.74) is 0.681. The van der Waals surface area contributed by atoms with Crippen molar-refractivity contribution in [2.75, 3.05) is 5.32 Å². The van der Waals surface area contributed by atoms with Crippen LogP contribution in [-0.2, 0) is 9.59 Å². The van der Waals surface area contributed by atoms with Gasteiger partial charge in [0.25, 0.3) is 0 Å². The lowest BCUT2D eigenvalue weighted by molar-refractivity contribution is -0.138. The van der Waals surface area contributed by atoms with Gasteiger partial charge in [-0.1, -0.05) is 23.9 Å². The highest BCUT2D eigenvalue weighted by Crippen LogP contribution is 2.35. The molecule has 0 radical (unpaired) electrons. The normalized spacial score (nSPS) is 19.7. The molecule has 72 valence electrons. The van der Waals surface area contributed by atoms with Crippen molar-refractivity contribution in [1.82, 2.24) is 0 Å². The Balaban J connectivity index is 2.36. The molecular formula is C9H7NO3S. The lowest BCUT2D eigenvalue weighted by Gasteiger charge is -2.20. The van der Waals surface area contributed by atoms with Crippen LogP contribution in [0.2, 0.25) is 0 Å². The van der Waals surface area contributed by atoms with Crippen LogP contribution in [0.1, 0.15) is 0 Å². The number of para-hydroxylation sites is 1. The van der Waals surface area contributed by atoms with Gasteiger partial charge in [0.05, 0.1) is 5.69 Å². The first kappa shape index (κ1) is 9.08. The monoisotopic (exact) mass is 209 g/mol. The minimum Gasteiger partial charge on any atom is -0.480 e. The molecular weight excluding hydrogens is 202 g/mol. The Bertz CT molecular complexity index is 405. The fraction of sp³-hybridized carbons (Fsp3) is 0.111. The van der Waals surface area contributed by atoms with E-state index >= 15 is 0 Å². The molecule has 0 unspecified atom stereocenters. The highest BCUT2D eigenvalue weighted by Gasteiger charge is 2.32. The van der Waals surface area contributed by atoms with Crippen molar-refractivity contribution in [3.8, 4) is 0 Å². The maximum absolute atomic E-state index is 11.3. The Kier molecular flexibility index (Phi) is 2.17. The zero-order valence-corrected chi connectivity index (χ0v) is 7.88. The SMILES string of the molecule is O=C(O)[C@H]1Sc2ccccc2NC1=O. The number of carbonyl (C=O) groups excluding carboxylic acids is 1. The van der Waals surface area contributed by atoms with E-state index in [-0.39, 0.29) is 0 Å². The van der Waals surface area contributed by atoms with E-state index in [1.807, 2.05) is 6.07 Å². The van der Waals surface area contributed by atoms with Crippen LogP contribution in [-0.4, -0.2) is 22.2 Å². The number of rotatable bonds is 1. The summed E-state index contributed by atoms with van der Waals surface area (Å²) in [6.07, 6.45) is 0. The third kappa shape index (κ3) is 1.46. The molecule has 0 bridgehead atoms. The number of thioether (sulfide) groups is 1. The van der Waals surface area contributed by atoms with E-state index in [0.29, 0.717) is 5.69 Å². The molecule has 1 aliphatic rings. The number of nitrogens with one attached hydrogen (secondary N) is 1. The third-order valence-electron chi connectivity index (χ3n) is 1.85. The highest BCUT2D eigenvalue weighted by atomic mass is 32.2. The van der Waals surface area contributed by atoms with Crippen molar-refractivity contribution >= 4 is 29.3 Å². The second-order valence-electron chi connectivity index (χ2n) is 2.82. The summed E-state index contributed by atoms with van der Waals surface area (Å²) >= 11 is 1.06. The van der Waals surface area contributed by atoms with Gasteiger partial charge in [-0.15, -0.1) is 0 Å². The molecule has 14 heavy (non-hydrogen) atoms. The van der Waals surface area contributed by atoms with Crippen LogP contribution in [0.5, 0.6) is 0 Å². The quantitative estimate of drug-likeness (QED) is 0.682. The van der Waals surface area contributed by atoms with Crippen LogP contribution in [0, 0.1) is 0 Å². The molecule has 0 saturated heterocycles. The second-order valence-corrected chi connectivity index (χ2v) is 3.97. The maximum Gasteiger partial charge on any atom is 0.326 e. The number of hydrogen-bond acceptors (Lipinski definition) is 3. The molecule has 0 aliphatic carbocycles. The van der Waals surface area contributed by atoms with Gasteiger partial charge in [-0.05, 0) is 12.1 Å². The van der Waals surface area contributed by atoms with Crippen molar-refractivity contribution in [2.45, 2.75) is 10.1 Å². The van der Waals surface area contributed by atoms with Gasteiger partial charge in [-0.2, -0.15) is 0 Å². The minimum absolute atomic E-state index is 0.471. The summed E-state index contributed by atoms with van der Waals surface area (Å²) in [6.45, 7) is 0. The first-order chi connectivity index (χ1) is 6.68.